The van der Waals surface area contributed by atoms with Gasteiger partial charge in [0.25, 0.3) is 5.91 Å². The van der Waals surface area contributed by atoms with Crippen LogP contribution in [0.25, 0.3) is 0 Å². The van der Waals surface area contributed by atoms with Crippen molar-refractivity contribution in [1.82, 2.24) is 15.2 Å². The van der Waals surface area contributed by atoms with E-state index < -0.39 is 23.7 Å². The maximum atomic E-state index is 13.2. The van der Waals surface area contributed by atoms with Crippen molar-refractivity contribution in [1.29, 1.82) is 0 Å². The molecule has 33 heavy (non-hydrogen) atoms. The zero-order chi connectivity index (χ0) is 24.2. The average molecular weight is 464 g/mol. The van der Waals surface area contributed by atoms with Gasteiger partial charge in [-0.05, 0) is 30.2 Å². The van der Waals surface area contributed by atoms with Gasteiger partial charge in [0.15, 0.2) is 0 Å². The number of pyridine rings is 1. The summed E-state index contributed by atoms with van der Waals surface area (Å²) in [6, 6.07) is 8.40. The fourth-order valence-corrected chi connectivity index (χ4v) is 3.66. The van der Waals surface area contributed by atoms with Crippen molar-refractivity contribution in [3.63, 3.8) is 0 Å². The number of carbonyl (C=O) groups is 2. The van der Waals surface area contributed by atoms with E-state index in [2.05, 4.69) is 10.3 Å². The molecule has 1 saturated heterocycles. The van der Waals surface area contributed by atoms with Crippen molar-refractivity contribution < 1.29 is 27.5 Å². The van der Waals surface area contributed by atoms with Crippen LogP contribution < -0.4 is 15.0 Å². The molecule has 7 nitrogen and oxygen atoms in total. The number of rotatable bonds is 6. The molecular weight excluding hydrogens is 437 g/mol. The first-order valence-corrected chi connectivity index (χ1v) is 10.6. The van der Waals surface area contributed by atoms with Gasteiger partial charge < -0.3 is 19.9 Å². The van der Waals surface area contributed by atoms with E-state index in [0.717, 1.165) is 12.3 Å². The van der Waals surface area contributed by atoms with Gasteiger partial charge in [-0.2, -0.15) is 13.2 Å². The highest BCUT2D eigenvalue weighted by atomic mass is 19.4. The number of nitrogens with one attached hydrogen (secondary N) is 1. The number of carbonyl (C=O) groups excluding carboxylic acids is 2. The summed E-state index contributed by atoms with van der Waals surface area (Å²) in [4.78, 5) is 33.4. The van der Waals surface area contributed by atoms with Gasteiger partial charge >= 0.3 is 6.18 Å². The number of anilines is 1. The summed E-state index contributed by atoms with van der Waals surface area (Å²) in [6.07, 6.45) is -3.62. The monoisotopic (exact) mass is 464 g/mol. The first-order valence-electron chi connectivity index (χ1n) is 10.6. The van der Waals surface area contributed by atoms with Crippen LogP contribution in [0, 0.1) is 5.92 Å². The fourth-order valence-electron chi connectivity index (χ4n) is 3.66. The van der Waals surface area contributed by atoms with Crippen molar-refractivity contribution in [3.05, 3.63) is 53.7 Å². The Morgan fingerprint density at radius 3 is 2.27 bits per heavy atom. The largest absolute Gasteiger partial charge is 0.496 e. The van der Waals surface area contributed by atoms with Gasteiger partial charge in [-0.25, -0.2) is 4.98 Å². The van der Waals surface area contributed by atoms with Gasteiger partial charge in [-0.3, -0.25) is 9.59 Å². The van der Waals surface area contributed by atoms with E-state index in [0.29, 0.717) is 43.3 Å². The summed E-state index contributed by atoms with van der Waals surface area (Å²) >= 11 is 0. The summed E-state index contributed by atoms with van der Waals surface area (Å²) in [5, 5.41) is 2.83. The molecule has 0 spiro atoms. The molecule has 1 aliphatic rings. The average Bonchev–Trinajstić information content (AvgIpc) is 2.81. The number of alkyl halides is 3. The molecule has 10 heteroatoms. The smallest absolute Gasteiger partial charge is 0.417 e. The van der Waals surface area contributed by atoms with Crippen LogP contribution in [0.4, 0.5) is 19.0 Å². The molecule has 1 N–H and O–H groups in total. The molecule has 2 heterocycles. The Bertz CT molecular complexity index is 972. The first kappa shape index (κ1) is 24.3. The molecule has 0 bridgehead atoms. The number of para-hydroxylation sites is 1. The Morgan fingerprint density at radius 1 is 1.06 bits per heavy atom. The van der Waals surface area contributed by atoms with E-state index in [-0.39, 0.29) is 11.8 Å². The fraction of sp³-hybridized carbons (Fsp3) is 0.435. The molecule has 2 amide bonds. The lowest BCUT2D eigenvalue weighted by molar-refractivity contribution is -0.138. The number of hydrogen-bond acceptors (Lipinski definition) is 5. The number of benzene rings is 1. The summed E-state index contributed by atoms with van der Waals surface area (Å²) in [7, 11) is 1.47. The van der Waals surface area contributed by atoms with Gasteiger partial charge in [0.1, 0.15) is 17.6 Å². The molecule has 178 valence electrons. The van der Waals surface area contributed by atoms with Crippen molar-refractivity contribution in [2.45, 2.75) is 26.1 Å². The SMILES string of the molecule is COc1ccccc1C(=O)NC(C(=O)N1CCN(c2ccc(C(F)(F)F)cn2)CC1)C(C)C. The van der Waals surface area contributed by atoms with E-state index in [1.807, 2.05) is 18.7 Å². The van der Waals surface area contributed by atoms with Crippen LogP contribution >= 0.6 is 0 Å². The lowest BCUT2D eigenvalue weighted by Crippen LogP contribution is -2.56. The third-order valence-corrected chi connectivity index (χ3v) is 5.56. The summed E-state index contributed by atoms with van der Waals surface area (Å²) in [6.45, 7) is 5.30. The lowest BCUT2D eigenvalue weighted by Gasteiger charge is -2.37. The highest BCUT2D eigenvalue weighted by molar-refractivity contribution is 5.99. The Balaban J connectivity index is 1.63. The van der Waals surface area contributed by atoms with Crippen LogP contribution in [-0.4, -0.2) is 61.0 Å². The summed E-state index contributed by atoms with van der Waals surface area (Å²) < 4.78 is 43.5. The molecule has 0 aliphatic carbocycles. The quantitative estimate of drug-likeness (QED) is 0.711. The van der Waals surface area contributed by atoms with Gasteiger partial charge in [-0.15, -0.1) is 0 Å². The number of halogens is 3. The molecule has 2 aromatic rings. The topological polar surface area (TPSA) is 74.8 Å². The Hall–Kier alpha value is -3.30. The number of nitrogens with zero attached hydrogens (tertiary/aromatic N) is 3. The number of hydrogen-bond donors (Lipinski definition) is 1. The predicted octanol–water partition coefficient (Wildman–Crippen LogP) is 3.21. The Labute approximate surface area is 190 Å². The van der Waals surface area contributed by atoms with Gasteiger partial charge in [0.2, 0.25) is 5.91 Å². The van der Waals surface area contributed by atoms with Crippen LogP contribution in [0.2, 0.25) is 0 Å². The highest BCUT2D eigenvalue weighted by Gasteiger charge is 2.33. The van der Waals surface area contributed by atoms with Crippen LogP contribution in [0.5, 0.6) is 5.75 Å². The van der Waals surface area contributed by atoms with Crippen molar-refractivity contribution >= 4 is 17.6 Å². The van der Waals surface area contributed by atoms with E-state index >= 15 is 0 Å². The van der Waals surface area contributed by atoms with Crippen molar-refractivity contribution in [2.24, 2.45) is 5.92 Å². The number of ether oxygens (including phenoxy) is 1. The van der Waals surface area contributed by atoms with Gasteiger partial charge in [0.05, 0.1) is 18.2 Å². The van der Waals surface area contributed by atoms with Gasteiger partial charge in [0, 0.05) is 32.4 Å². The maximum Gasteiger partial charge on any atom is 0.417 e. The summed E-state index contributed by atoms with van der Waals surface area (Å²) in [5.41, 5.74) is -0.456. The third-order valence-electron chi connectivity index (χ3n) is 5.56. The number of piperazine rings is 1. The van der Waals surface area contributed by atoms with E-state index in [1.54, 1.807) is 29.2 Å². The molecule has 0 radical (unpaired) electrons. The maximum absolute atomic E-state index is 13.2. The minimum Gasteiger partial charge on any atom is -0.496 e. The molecular formula is C23H27F3N4O3. The van der Waals surface area contributed by atoms with Crippen LogP contribution in [-0.2, 0) is 11.0 Å². The minimum atomic E-state index is -4.43. The predicted molar refractivity (Wildman–Crippen MR) is 117 cm³/mol. The minimum absolute atomic E-state index is 0.147. The Morgan fingerprint density at radius 2 is 1.73 bits per heavy atom. The lowest BCUT2D eigenvalue weighted by atomic mass is 10.0. The second-order valence-corrected chi connectivity index (χ2v) is 8.11. The first-order chi connectivity index (χ1) is 15.6. The standard InChI is InChI=1S/C23H27F3N4O3/c1-15(2)20(28-21(31)17-6-4-5-7-18(17)33-3)22(32)30-12-10-29(11-13-30)19-9-8-16(14-27-19)23(24,25)26/h4-9,14-15,20H,10-13H2,1-3H3,(H,28,31). The highest BCUT2D eigenvalue weighted by Crippen LogP contribution is 2.29. The van der Waals surface area contributed by atoms with Crippen LogP contribution in [0.3, 0.4) is 0 Å². The molecule has 1 atom stereocenters. The molecule has 1 fully saturated rings. The zero-order valence-electron chi connectivity index (χ0n) is 18.7. The molecule has 1 aliphatic heterocycles. The van der Waals surface area contributed by atoms with Crippen LogP contribution in [0.15, 0.2) is 42.6 Å². The Kier molecular flexibility index (Phi) is 7.45. The number of methoxy groups -OCH3 is 1. The van der Waals surface area contributed by atoms with E-state index in [4.69, 9.17) is 4.74 Å². The summed E-state index contributed by atoms with van der Waals surface area (Å²) in [5.74, 6) is 0.105. The number of aromatic nitrogens is 1. The zero-order valence-corrected chi connectivity index (χ0v) is 18.7. The second-order valence-electron chi connectivity index (χ2n) is 8.11. The molecule has 1 aromatic carbocycles. The van der Waals surface area contributed by atoms with Crippen molar-refractivity contribution in [3.8, 4) is 5.75 Å². The number of amides is 2. The van der Waals surface area contributed by atoms with E-state index in [1.165, 1.54) is 13.2 Å². The van der Waals surface area contributed by atoms with E-state index in [9.17, 15) is 22.8 Å². The molecule has 3 rings (SSSR count). The van der Waals surface area contributed by atoms with Crippen molar-refractivity contribution in [2.75, 3.05) is 38.2 Å². The second kappa shape index (κ2) is 10.1. The molecule has 1 unspecified atom stereocenters. The van der Waals surface area contributed by atoms with Gasteiger partial charge in [-0.1, -0.05) is 26.0 Å². The third kappa shape index (κ3) is 5.74. The molecule has 1 aromatic heterocycles. The van der Waals surface area contributed by atoms with Crippen LogP contribution in [0.1, 0.15) is 29.8 Å². The normalized spacial score (nSPS) is 15.4. The molecule has 0 saturated carbocycles.